The molecule has 5 heteroatoms. The molecular formula is C13H16ClIO3. The van der Waals surface area contributed by atoms with Gasteiger partial charge in [-0.3, -0.25) is 0 Å². The highest BCUT2D eigenvalue weighted by Crippen LogP contribution is 2.42. The first-order valence-corrected chi connectivity index (χ1v) is 7.35. The second-order valence-electron chi connectivity index (χ2n) is 4.25. The molecule has 100 valence electrons. The van der Waals surface area contributed by atoms with Crippen LogP contribution < -0.4 is 4.74 Å². The van der Waals surface area contributed by atoms with Crippen molar-refractivity contribution in [2.24, 2.45) is 0 Å². The van der Waals surface area contributed by atoms with E-state index in [1.807, 2.05) is 26.8 Å². The predicted molar refractivity (Wildman–Crippen MR) is 79.3 cm³/mol. The number of benzene rings is 1. The summed E-state index contributed by atoms with van der Waals surface area (Å²) in [6.45, 7) is 7.62. The third-order valence-corrected chi connectivity index (χ3v) is 4.71. The standard InChI is InChI=1S/C13H16ClIO3/c1-4-16-12-9(13(3)17-5-6-18-13)7-10(14)8(2)11(12)15/h7H,4-6H2,1-3H3. The normalized spacial score (nSPS) is 18.1. The smallest absolute Gasteiger partial charge is 0.195 e. The molecular weight excluding hydrogens is 366 g/mol. The van der Waals surface area contributed by atoms with Gasteiger partial charge in [-0.25, -0.2) is 0 Å². The maximum absolute atomic E-state index is 6.26. The zero-order valence-corrected chi connectivity index (χ0v) is 13.6. The zero-order valence-electron chi connectivity index (χ0n) is 10.7. The quantitative estimate of drug-likeness (QED) is 0.743. The van der Waals surface area contributed by atoms with Crippen LogP contribution in [0.25, 0.3) is 0 Å². The van der Waals surface area contributed by atoms with Crippen molar-refractivity contribution in [1.82, 2.24) is 0 Å². The van der Waals surface area contributed by atoms with E-state index in [1.165, 1.54) is 0 Å². The summed E-state index contributed by atoms with van der Waals surface area (Å²) in [7, 11) is 0. The van der Waals surface area contributed by atoms with Crippen LogP contribution in [-0.2, 0) is 15.3 Å². The number of hydrogen-bond acceptors (Lipinski definition) is 3. The van der Waals surface area contributed by atoms with Gasteiger partial charge in [0.15, 0.2) is 5.79 Å². The fraction of sp³-hybridized carbons (Fsp3) is 0.538. The van der Waals surface area contributed by atoms with Crippen molar-refractivity contribution in [1.29, 1.82) is 0 Å². The molecule has 0 aromatic heterocycles. The Kier molecular flexibility index (Phi) is 4.41. The minimum Gasteiger partial charge on any atom is -0.492 e. The van der Waals surface area contributed by atoms with Crippen LogP contribution in [0.15, 0.2) is 6.07 Å². The summed E-state index contributed by atoms with van der Waals surface area (Å²) in [4.78, 5) is 0. The lowest BCUT2D eigenvalue weighted by Crippen LogP contribution is -2.24. The van der Waals surface area contributed by atoms with Crippen LogP contribution in [0.5, 0.6) is 5.75 Å². The first-order valence-electron chi connectivity index (χ1n) is 5.89. The molecule has 1 saturated heterocycles. The Bertz CT molecular complexity index is 456. The molecule has 1 heterocycles. The number of halogens is 2. The van der Waals surface area contributed by atoms with Gasteiger partial charge < -0.3 is 14.2 Å². The van der Waals surface area contributed by atoms with E-state index in [4.69, 9.17) is 25.8 Å². The summed E-state index contributed by atoms with van der Waals surface area (Å²) in [6.07, 6.45) is 0. The molecule has 0 spiro atoms. The zero-order chi connectivity index (χ0) is 13.3. The van der Waals surface area contributed by atoms with Crippen molar-refractivity contribution in [3.8, 4) is 5.75 Å². The molecule has 0 N–H and O–H groups in total. The third-order valence-electron chi connectivity index (χ3n) is 3.02. The molecule has 0 radical (unpaired) electrons. The van der Waals surface area contributed by atoms with Gasteiger partial charge in [0.25, 0.3) is 0 Å². The SMILES string of the molecule is CCOc1c(C2(C)OCCO2)cc(Cl)c(C)c1I. The largest absolute Gasteiger partial charge is 0.492 e. The molecule has 0 amide bonds. The molecule has 0 saturated carbocycles. The van der Waals surface area contributed by atoms with Crippen LogP contribution in [0.3, 0.4) is 0 Å². The lowest BCUT2D eigenvalue weighted by molar-refractivity contribution is -0.150. The molecule has 1 fully saturated rings. The summed E-state index contributed by atoms with van der Waals surface area (Å²) in [5.74, 6) is 0.0475. The van der Waals surface area contributed by atoms with Crippen molar-refractivity contribution in [3.63, 3.8) is 0 Å². The van der Waals surface area contributed by atoms with E-state index in [1.54, 1.807) is 0 Å². The monoisotopic (exact) mass is 382 g/mol. The molecule has 1 aliphatic heterocycles. The molecule has 3 nitrogen and oxygen atoms in total. The van der Waals surface area contributed by atoms with Gasteiger partial charge in [0.1, 0.15) is 5.75 Å². The van der Waals surface area contributed by atoms with E-state index in [-0.39, 0.29) is 0 Å². The van der Waals surface area contributed by atoms with Crippen LogP contribution in [0, 0.1) is 10.5 Å². The molecule has 18 heavy (non-hydrogen) atoms. The molecule has 0 aliphatic carbocycles. The van der Waals surface area contributed by atoms with Crippen LogP contribution in [0.4, 0.5) is 0 Å². The Morgan fingerprint density at radius 1 is 1.44 bits per heavy atom. The second-order valence-corrected chi connectivity index (χ2v) is 5.74. The third kappa shape index (κ3) is 2.48. The molecule has 0 atom stereocenters. The molecule has 1 aliphatic rings. The Hall–Kier alpha value is -0.0400. The highest BCUT2D eigenvalue weighted by atomic mass is 127. The van der Waals surface area contributed by atoms with Crippen molar-refractivity contribution in [2.45, 2.75) is 26.6 Å². The maximum Gasteiger partial charge on any atom is 0.195 e. The summed E-state index contributed by atoms with van der Waals surface area (Å²) in [6, 6.07) is 1.88. The summed E-state index contributed by atoms with van der Waals surface area (Å²) in [5, 5.41) is 0.707. The van der Waals surface area contributed by atoms with Gasteiger partial charge in [-0.05, 0) is 55.0 Å². The summed E-state index contributed by atoms with van der Waals surface area (Å²) >= 11 is 8.51. The lowest BCUT2D eigenvalue weighted by Gasteiger charge is -2.26. The van der Waals surface area contributed by atoms with Crippen LogP contribution in [-0.4, -0.2) is 19.8 Å². The van der Waals surface area contributed by atoms with Gasteiger partial charge in [-0.2, -0.15) is 0 Å². The lowest BCUT2D eigenvalue weighted by atomic mass is 10.0. The average molecular weight is 383 g/mol. The number of hydrogen-bond donors (Lipinski definition) is 0. The number of ether oxygens (including phenoxy) is 3. The maximum atomic E-state index is 6.26. The van der Waals surface area contributed by atoms with E-state index < -0.39 is 5.79 Å². The van der Waals surface area contributed by atoms with Crippen molar-refractivity contribution in [3.05, 3.63) is 25.8 Å². The molecule has 1 aromatic carbocycles. The topological polar surface area (TPSA) is 27.7 Å². The van der Waals surface area contributed by atoms with E-state index in [0.717, 1.165) is 20.4 Å². The van der Waals surface area contributed by atoms with Gasteiger partial charge in [0.2, 0.25) is 0 Å². The van der Waals surface area contributed by atoms with Gasteiger partial charge in [-0.1, -0.05) is 11.6 Å². The van der Waals surface area contributed by atoms with Gasteiger partial charge in [-0.15, -0.1) is 0 Å². The molecule has 0 bridgehead atoms. The Balaban J connectivity index is 2.57. The average Bonchev–Trinajstić information content (AvgIpc) is 2.78. The Morgan fingerprint density at radius 3 is 2.61 bits per heavy atom. The fourth-order valence-electron chi connectivity index (χ4n) is 1.99. The van der Waals surface area contributed by atoms with Crippen LogP contribution >= 0.6 is 34.2 Å². The van der Waals surface area contributed by atoms with E-state index in [2.05, 4.69) is 22.6 Å². The Labute approximate surface area is 126 Å². The van der Waals surface area contributed by atoms with E-state index >= 15 is 0 Å². The van der Waals surface area contributed by atoms with E-state index in [9.17, 15) is 0 Å². The second kappa shape index (κ2) is 5.53. The Morgan fingerprint density at radius 2 is 2.06 bits per heavy atom. The molecule has 0 unspecified atom stereocenters. The van der Waals surface area contributed by atoms with Gasteiger partial charge in [0.05, 0.1) is 29.0 Å². The van der Waals surface area contributed by atoms with Gasteiger partial charge in [0, 0.05) is 5.02 Å². The summed E-state index contributed by atoms with van der Waals surface area (Å²) in [5.41, 5.74) is 1.88. The minimum absolute atomic E-state index is 0.587. The first kappa shape index (κ1) is 14.4. The fourth-order valence-corrected chi connectivity index (χ4v) is 3.09. The minimum atomic E-state index is -0.762. The number of rotatable bonds is 3. The highest BCUT2D eigenvalue weighted by molar-refractivity contribution is 14.1. The van der Waals surface area contributed by atoms with Crippen molar-refractivity contribution in [2.75, 3.05) is 19.8 Å². The molecule has 1 aromatic rings. The summed E-state index contributed by atoms with van der Waals surface area (Å²) < 4.78 is 18.2. The van der Waals surface area contributed by atoms with Crippen molar-refractivity contribution < 1.29 is 14.2 Å². The van der Waals surface area contributed by atoms with Crippen LogP contribution in [0.1, 0.15) is 25.0 Å². The van der Waals surface area contributed by atoms with Crippen molar-refractivity contribution >= 4 is 34.2 Å². The first-order chi connectivity index (χ1) is 8.49. The van der Waals surface area contributed by atoms with Gasteiger partial charge >= 0.3 is 0 Å². The van der Waals surface area contributed by atoms with E-state index in [0.29, 0.717) is 24.8 Å². The predicted octanol–water partition coefficient (Wildman–Crippen LogP) is 3.87. The molecule has 2 rings (SSSR count). The van der Waals surface area contributed by atoms with Crippen LogP contribution in [0.2, 0.25) is 5.02 Å². The highest BCUT2D eigenvalue weighted by Gasteiger charge is 2.37.